The number of nitrogens with zero attached hydrogens (tertiary/aromatic N) is 3. The summed E-state index contributed by atoms with van der Waals surface area (Å²) in [5, 5.41) is 9.49. The number of nitrogens with one attached hydrogen (secondary N) is 1. The summed E-state index contributed by atoms with van der Waals surface area (Å²) in [6.45, 7) is 2.01. The van der Waals surface area contributed by atoms with Gasteiger partial charge in [0, 0.05) is 32.8 Å². The third-order valence-corrected chi connectivity index (χ3v) is 3.18. The van der Waals surface area contributed by atoms with Gasteiger partial charge >= 0.3 is 0 Å². The standard InChI is InChI=1S/C15H20N4O/c1-12-6-5-7-15(19(12)20-4)17-16-13-8-10-14(11-9-13)18(2)3/h5-11,15H,1-4H3/p+1. The fraction of sp³-hybridized carbons (Fsp3) is 0.333. The Hall–Kier alpha value is -1.98. The Morgan fingerprint density at radius 1 is 1.20 bits per heavy atom. The van der Waals surface area contributed by atoms with Crippen LogP contribution in [0.4, 0.5) is 11.4 Å². The van der Waals surface area contributed by atoms with Gasteiger partial charge in [0.05, 0.1) is 12.8 Å². The van der Waals surface area contributed by atoms with Crippen LogP contribution in [0.15, 0.2) is 58.4 Å². The molecule has 20 heavy (non-hydrogen) atoms. The van der Waals surface area contributed by atoms with Crippen molar-refractivity contribution in [3.63, 3.8) is 0 Å². The summed E-state index contributed by atoms with van der Waals surface area (Å²) < 4.78 is 0. The lowest BCUT2D eigenvalue weighted by Gasteiger charge is -2.20. The van der Waals surface area contributed by atoms with Gasteiger partial charge in [-0.2, -0.15) is 0 Å². The molecular weight excluding hydrogens is 252 g/mol. The zero-order valence-electron chi connectivity index (χ0n) is 12.4. The fourth-order valence-corrected chi connectivity index (χ4v) is 2.03. The van der Waals surface area contributed by atoms with E-state index in [1.807, 2.05) is 63.5 Å². The molecule has 0 aliphatic carbocycles. The molecule has 1 aliphatic rings. The van der Waals surface area contributed by atoms with Crippen LogP contribution in [-0.4, -0.2) is 27.4 Å². The molecule has 106 valence electrons. The first-order valence-electron chi connectivity index (χ1n) is 6.56. The average molecular weight is 273 g/mol. The number of benzene rings is 1. The topological polar surface area (TPSA) is 41.6 Å². The minimum Gasteiger partial charge on any atom is -0.378 e. The van der Waals surface area contributed by atoms with Crippen LogP contribution in [0.2, 0.25) is 0 Å². The van der Waals surface area contributed by atoms with Crippen LogP contribution in [0.1, 0.15) is 6.92 Å². The molecule has 0 spiro atoms. The molecule has 1 aromatic rings. The van der Waals surface area contributed by atoms with Gasteiger partial charge in [-0.05, 0) is 30.3 Å². The fourth-order valence-electron chi connectivity index (χ4n) is 2.03. The maximum atomic E-state index is 5.39. The molecule has 0 fully saturated rings. The molecule has 2 rings (SSSR count). The molecule has 1 N–H and O–H groups in total. The molecule has 1 aliphatic heterocycles. The molecule has 2 unspecified atom stereocenters. The van der Waals surface area contributed by atoms with Gasteiger partial charge in [0.25, 0.3) is 6.17 Å². The van der Waals surface area contributed by atoms with E-state index < -0.39 is 0 Å². The van der Waals surface area contributed by atoms with Crippen molar-refractivity contribution in [2.24, 2.45) is 10.2 Å². The maximum absolute atomic E-state index is 5.39. The normalized spacial score (nSPS) is 22.1. The van der Waals surface area contributed by atoms with Crippen molar-refractivity contribution in [2.45, 2.75) is 13.1 Å². The van der Waals surface area contributed by atoms with Gasteiger partial charge in [0.2, 0.25) is 0 Å². The van der Waals surface area contributed by atoms with Crippen molar-refractivity contribution >= 4 is 11.4 Å². The van der Waals surface area contributed by atoms with E-state index in [-0.39, 0.29) is 6.17 Å². The van der Waals surface area contributed by atoms with Gasteiger partial charge in [-0.3, -0.25) is 0 Å². The van der Waals surface area contributed by atoms with Crippen LogP contribution in [-0.2, 0) is 4.84 Å². The van der Waals surface area contributed by atoms with Crippen LogP contribution in [0.5, 0.6) is 0 Å². The van der Waals surface area contributed by atoms with Gasteiger partial charge < -0.3 is 4.90 Å². The van der Waals surface area contributed by atoms with Crippen molar-refractivity contribution in [3.05, 3.63) is 48.2 Å². The number of hydrogen-bond donors (Lipinski definition) is 1. The second-order valence-electron chi connectivity index (χ2n) is 4.87. The monoisotopic (exact) mass is 273 g/mol. The maximum Gasteiger partial charge on any atom is 0.253 e. The van der Waals surface area contributed by atoms with E-state index in [0.29, 0.717) is 0 Å². The minimum atomic E-state index is -0.140. The molecule has 5 heteroatoms. The molecule has 1 aromatic carbocycles. The summed E-state index contributed by atoms with van der Waals surface area (Å²) in [5.74, 6) is 0. The first-order valence-corrected chi connectivity index (χ1v) is 6.56. The van der Waals surface area contributed by atoms with Crippen molar-refractivity contribution in [1.82, 2.24) is 0 Å². The third-order valence-electron chi connectivity index (χ3n) is 3.18. The Kier molecular flexibility index (Phi) is 4.65. The van der Waals surface area contributed by atoms with Crippen molar-refractivity contribution < 1.29 is 9.90 Å². The van der Waals surface area contributed by atoms with Crippen molar-refractivity contribution in [2.75, 3.05) is 26.1 Å². The van der Waals surface area contributed by atoms with Crippen LogP contribution in [0, 0.1) is 0 Å². The van der Waals surface area contributed by atoms with Crippen LogP contribution < -0.4 is 9.96 Å². The molecule has 1 heterocycles. The molecule has 0 radical (unpaired) electrons. The van der Waals surface area contributed by atoms with Gasteiger partial charge in [-0.25, -0.2) is 4.84 Å². The predicted molar refractivity (Wildman–Crippen MR) is 79.9 cm³/mol. The number of azo groups is 1. The second kappa shape index (κ2) is 6.45. The number of rotatable bonds is 4. The summed E-state index contributed by atoms with van der Waals surface area (Å²) >= 11 is 0. The van der Waals surface area contributed by atoms with E-state index in [9.17, 15) is 0 Å². The second-order valence-corrected chi connectivity index (χ2v) is 4.87. The summed E-state index contributed by atoms with van der Waals surface area (Å²) in [7, 11) is 5.69. The highest BCUT2D eigenvalue weighted by Gasteiger charge is 2.24. The highest BCUT2D eigenvalue weighted by molar-refractivity contribution is 5.51. The quantitative estimate of drug-likeness (QED) is 0.853. The van der Waals surface area contributed by atoms with Crippen molar-refractivity contribution in [3.8, 4) is 0 Å². The molecule has 0 aromatic heterocycles. The van der Waals surface area contributed by atoms with Gasteiger partial charge in [-0.15, -0.1) is 15.3 Å². The minimum absolute atomic E-state index is 0.140. The first-order chi connectivity index (χ1) is 9.61. The number of allylic oxidation sites excluding steroid dienone is 3. The Balaban J connectivity index is 2.09. The summed E-state index contributed by atoms with van der Waals surface area (Å²) in [4.78, 5) is 7.44. The van der Waals surface area contributed by atoms with Gasteiger partial charge in [-0.1, -0.05) is 6.08 Å². The van der Waals surface area contributed by atoms with Gasteiger partial charge in [0.15, 0.2) is 0 Å². The number of anilines is 1. The van der Waals surface area contributed by atoms with Gasteiger partial charge in [0.1, 0.15) is 5.70 Å². The largest absolute Gasteiger partial charge is 0.378 e. The lowest BCUT2D eigenvalue weighted by Crippen LogP contribution is -3.12. The van der Waals surface area contributed by atoms with Crippen LogP contribution in [0.3, 0.4) is 0 Å². The Morgan fingerprint density at radius 2 is 1.90 bits per heavy atom. The lowest BCUT2D eigenvalue weighted by molar-refractivity contribution is -1.07. The van der Waals surface area contributed by atoms with E-state index in [1.165, 1.54) is 0 Å². The SMILES string of the molecule is CO[NH+]1C(C)=CC=CC1N=Nc1ccc(N(C)C)cc1. The molecule has 0 saturated heterocycles. The molecule has 5 nitrogen and oxygen atoms in total. The van der Waals surface area contributed by atoms with E-state index in [0.717, 1.165) is 22.1 Å². The highest BCUT2D eigenvalue weighted by Crippen LogP contribution is 2.18. The van der Waals surface area contributed by atoms with Crippen LogP contribution in [0.25, 0.3) is 0 Å². The number of hydroxylamine groups is 2. The zero-order valence-corrected chi connectivity index (χ0v) is 12.4. The molecule has 2 atom stereocenters. The smallest absolute Gasteiger partial charge is 0.253 e. The van der Waals surface area contributed by atoms with E-state index in [2.05, 4.69) is 15.1 Å². The lowest BCUT2D eigenvalue weighted by atomic mass is 10.2. The van der Waals surface area contributed by atoms with Crippen molar-refractivity contribution in [1.29, 1.82) is 0 Å². The van der Waals surface area contributed by atoms with E-state index in [4.69, 9.17) is 4.84 Å². The predicted octanol–water partition coefficient (Wildman–Crippen LogP) is 2.08. The van der Waals surface area contributed by atoms with E-state index >= 15 is 0 Å². The molecule has 0 bridgehead atoms. The van der Waals surface area contributed by atoms with E-state index in [1.54, 1.807) is 7.11 Å². The third kappa shape index (κ3) is 3.31. The molecule has 0 saturated carbocycles. The number of hydrogen-bond acceptors (Lipinski definition) is 4. The summed E-state index contributed by atoms with van der Waals surface area (Å²) in [6.07, 6.45) is 5.83. The highest BCUT2D eigenvalue weighted by atomic mass is 16.7. The number of quaternary nitrogens is 1. The average Bonchev–Trinajstić information content (AvgIpc) is 2.45. The Bertz CT molecular complexity index is 531. The molecular formula is C15H21N4O+. The molecule has 0 amide bonds. The van der Waals surface area contributed by atoms with Crippen LogP contribution >= 0.6 is 0 Å². The summed E-state index contributed by atoms with van der Waals surface area (Å²) in [6, 6.07) is 7.97. The Morgan fingerprint density at radius 3 is 2.50 bits per heavy atom. The first kappa shape index (κ1) is 14.4. The summed E-state index contributed by atoms with van der Waals surface area (Å²) in [5.41, 5.74) is 3.07. The zero-order chi connectivity index (χ0) is 14.5. The Labute approximate surface area is 119 Å².